The molecular formula is C23H30N2O4. The summed E-state index contributed by atoms with van der Waals surface area (Å²) in [5, 5.41) is 0. The molecule has 0 N–H and O–H groups in total. The van der Waals surface area contributed by atoms with Crippen LogP contribution in [0.5, 0.6) is 11.5 Å². The lowest BCUT2D eigenvalue weighted by molar-refractivity contribution is -0.127. The Kier molecular flexibility index (Phi) is 7.36. The van der Waals surface area contributed by atoms with Crippen molar-refractivity contribution in [2.24, 2.45) is 0 Å². The number of ether oxygens (including phenoxy) is 2. The van der Waals surface area contributed by atoms with E-state index in [0.29, 0.717) is 11.8 Å². The molecule has 1 aliphatic rings. The molecule has 6 nitrogen and oxygen atoms in total. The fraction of sp³-hybridized carbons (Fsp3) is 0.435. The van der Waals surface area contributed by atoms with E-state index in [0.717, 1.165) is 50.4 Å². The monoisotopic (exact) mass is 398 g/mol. The normalized spacial score (nSPS) is 17.1. The van der Waals surface area contributed by atoms with Gasteiger partial charge in [-0.2, -0.15) is 0 Å². The Bertz CT molecular complexity index is 816. The van der Waals surface area contributed by atoms with Crippen molar-refractivity contribution in [3.8, 4) is 11.5 Å². The van der Waals surface area contributed by atoms with Crippen LogP contribution in [0.4, 0.5) is 0 Å². The van der Waals surface area contributed by atoms with Gasteiger partial charge in [-0.1, -0.05) is 6.07 Å². The van der Waals surface area contributed by atoms with Gasteiger partial charge >= 0.3 is 0 Å². The minimum absolute atomic E-state index is 0.0411. The van der Waals surface area contributed by atoms with Crippen molar-refractivity contribution < 1.29 is 18.7 Å². The first-order chi connectivity index (χ1) is 14.1. The molecule has 156 valence electrons. The molecule has 1 amide bonds. The Labute approximate surface area is 172 Å². The van der Waals surface area contributed by atoms with Crippen molar-refractivity contribution in [2.45, 2.75) is 25.3 Å². The number of carbonyl (C=O) groups is 1. The maximum Gasteiger partial charge on any atom is 0.246 e. The van der Waals surface area contributed by atoms with Crippen molar-refractivity contribution in [3.63, 3.8) is 0 Å². The highest BCUT2D eigenvalue weighted by atomic mass is 16.5. The van der Waals surface area contributed by atoms with E-state index in [1.54, 1.807) is 32.6 Å². The minimum atomic E-state index is 0.0411. The number of likely N-dealkylation sites (N-methyl/N-ethyl adjacent to an activating group) is 1. The second-order valence-corrected chi connectivity index (χ2v) is 7.35. The van der Waals surface area contributed by atoms with Crippen LogP contribution in [0.15, 0.2) is 47.1 Å². The zero-order chi connectivity index (χ0) is 20.6. The van der Waals surface area contributed by atoms with Crippen molar-refractivity contribution >= 4 is 12.0 Å². The summed E-state index contributed by atoms with van der Waals surface area (Å²) < 4.78 is 16.0. The van der Waals surface area contributed by atoms with Gasteiger partial charge in [-0.3, -0.25) is 4.79 Å². The van der Waals surface area contributed by atoms with Crippen LogP contribution in [-0.4, -0.2) is 62.7 Å². The third kappa shape index (κ3) is 5.64. The number of carbonyl (C=O) groups excluding carboxylic acids is 1. The molecule has 3 rings (SSSR count). The van der Waals surface area contributed by atoms with Crippen LogP contribution in [0.1, 0.15) is 24.2 Å². The topological polar surface area (TPSA) is 55.2 Å². The second-order valence-electron chi connectivity index (χ2n) is 7.35. The lowest BCUT2D eigenvalue weighted by Crippen LogP contribution is -2.48. The average molecular weight is 399 g/mol. The lowest BCUT2D eigenvalue weighted by Gasteiger charge is -2.37. The number of benzene rings is 1. The van der Waals surface area contributed by atoms with E-state index in [9.17, 15) is 4.79 Å². The third-order valence-electron chi connectivity index (χ3n) is 5.47. The van der Waals surface area contributed by atoms with Gasteiger partial charge in [-0.25, -0.2) is 0 Å². The number of nitrogens with zero attached hydrogens (tertiary/aromatic N) is 2. The summed E-state index contributed by atoms with van der Waals surface area (Å²) in [7, 11) is 5.44. The lowest BCUT2D eigenvalue weighted by atomic mass is 10.0. The molecule has 6 heteroatoms. The SMILES string of the molecule is COc1ccc(CCN(C)[C@@H]2CCCN(C(=O)/C=C/c3ccco3)C2)cc1OC. The van der Waals surface area contributed by atoms with Gasteiger partial charge in [-0.15, -0.1) is 0 Å². The van der Waals surface area contributed by atoms with Gasteiger partial charge in [0.25, 0.3) is 0 Å². The molecule has 2 heterocycles. The van der Waals surface area contributed by atoms with Crippen LogP contribution in [-0.2, 0) is 11.2 Å². The van der Waals surface area contributed by atoms with Crippen LogP contribution in [0.3, 0.4) is 0 Å². The van der Waals surface area contributed by atoms with Crippen LogP contribution >= 0.6 is 0 Å². The number of hydrogen-bond acceptors (Lipinski definition) is 5. The Hall–Kier alpha value is -2.73. The Morgan fingerprint density at radius 3 is 2.83 bits per heavy atom. The summed E-state index contributed by atoms with van der Waals surface area (Å²) in [6.45, 7) is 2.48. The molecule has 0 spiro atoms. The summed E-state index contributed by atoms with van der Waals surface area (Å²) >= 11 is 0. The number of piperidine rings is 1. The van der Waals surface area contributed by atoms with Crippen LogP contribution in [0, 0.1) is 0 Å². The summed E-state index contributed by atoms with van der Waals surface area (Å²) in [6.07, 6.45) is 7.98. The molecule has 29 heavy (non-hydrogen) atoms. The van der Waals surface area contributed by atoms with Gasteiger partial charge in [-0.05, 0) is 62.2 Å². The molecular weight excluding hydrogens is 368 g/mol. The summed E-state index contributed by atoms with van der Waals surface area (Å²) in [6, 6.07) is 10.1. The summed E-state index contributed by atoms with van der Waals surface area (Å²) in [4.78, 5) is 16.8. The van der Waals surface area contributed by atoms with Crippen LogP contribution in [0.25, 0.3) is 6.08 Å². The van der Waals surface area contributed by atoms with E-state index in [1.165, 1.54) is 5.56 Å². The second kappa shape index (κ2) is 10.2. The van der Waals surface area contributed by atoms with Crippen molar-refractivity contribution in [1.82, 2.24) is 9.80 Å². The molecule has 0 unspecified atom stereocenters. The molecule has 1 saturated heterocycles. The van der Waals surface area contributed by atoms with Crippen molar-refractivity contribution in [2.75, 3.05) is 40.9 Å². The summed E-state index contributed by atoms with van der Waals surface area (Å²) in [5.41, 5.74) is 1.21. The minimum Gasteiger partial charge on any atom is -0.493 e. The van der Waals surface area contributed by atoms with Gasteiger partial charge in [0.1, 0.15) is 5.76 Å². The van der Waals surface area contributed by atoms with E-state index in [4.69, 9.17) is 13.9 Å². The molecule has 0 radical (unpaired) electrons. The third-order valence-corrected chi connectivity index (χ3v) is 5.47. The quantitative estimate of drug-likeness (QED) is 0.638. The van der Waals surface area contributed by atoms with E-state index in [2.05, 4.69) is 18.0 Å². The number of methoxy groups -OCH3 is 2. The van der Waals surface area contributed by atoms with Crippen molar-refractivity contribution in [3.05, 3.63) is 54.0 Å². The predicted octanol–water partition coefficient (Wildman–Crippen LogP) is 3.48. The molecule has 1 aliphatic heterocycles. The standard InChI is InChI=1S/C23H30N2O4/c1-24(14-12-18-8-10-21(27-2)22(16-18)28-3)19-6-4-13-25(17-19)23(26)11-9-20-7-5-15-29-20/h5,7-11,15-16,19H,4,6,12-14,17H2,1-3H3/b11-9+/t19-/m1/s1. The van der Waals surface area contributed by atoms with E-state index in [-0.39, 0.29) is 5.91 Å². The van der Waals surface area contributed by atoms with Crippen LogP contribution < -0.4 is 9.47 Å². The Balaban J connectivity index is 1.52. The average Bonchev–Trinajstić information content (AvgIpc) is 3.29. The van der Waals surface area contributed by atoms with Crippen molar-refractivity contribution in [1.29, 1.82) is 0 Å². The molecule has 2 aromatic rings. The Morgan fingerprint density at radius 1 is 1.28 bits per heavy atom. The zero-order valence-corrected chi connectivity index (χ0v) is 17.5. The Morgan fingerprint density at radius 2 is 2.10 bits per heavy atom. The smallest absolute Gasteiger partial charge is 0.246 e. The molecule has 0 saturated carbocycles. The number of likely N-dealkylation sites (tertiary alicyclic amines) is 1. The van der Waals surface area contributed by atoms with Crippen LogP contribution in [0.2, 0.25) is 0 Å². The highest BCUT2D eigenvalue weighted by Crippen LogP contribution is 2.28. The maximum absolute atomic E-state index is 12.5. The molecule has 1 fully saturated rings. The fourth-order valence-electron chi connectivity index (χ4n) is 3.68. The highest BCUT2D eigenvalue weighted by Gasteiger charge is 2.25. The molecule has 1 atom stereocenters. The van der Waals surface area contributed by atoms with Gasteiger partial charge in [0.2, 0.25) is 5.91 Å². The first-order valence-electron chi connectivity index (χ1n) is 10.0. The van der Waals surface area contributed by atoms with E-state index in [1.807, 2.05) is 29.2 Å². The largest absolute Gasteiger partial charge is 0.493 e. The number of hydrogen-bond donors (Lipinski definition) is 0. The molecule has 1 aromatic heterocycles. The van der Waals surface area contributed by atoms with Gasteiger partial charge in [0, 0.05) is 31.8 Å². The number of amides is 1. The number of rotatable bonds is 8. The van der Waals surface area contributed by atoms with Gasteiger partial charge < -0.3 is 23.7 Å². The van der Waals surface area contributed by atoms with Gasteiger partial charge in [0.05, 0.1) is 20.5 Å². The number of furan rings is 1. The highest BCUT2D eigenvalue weighted by molar-refractivity contribution is 5.91. The maximum atomic E-state index is 12.5. The first-order valence-corrected chi connectivity index (χ1v) is 10.0. The van der Waals surface area contributed by atoms with E-state index >= 15 is 0 Å². The first kappa shape index (κ1) is 21.0. The van der Waals surface area contributed by atoms with E-state index < -0.39 is 0 Å². The molecule has 0 bridgehead atoms. The van der Waals surface area contributed by atoms with Gasteiger partial charge in [0.15, 0.2) is 11.5 Å². The zero-order valence-electron chi connectivity index (χ0n) is 17.5. The summed E-state index contributed by atoms with van der Waals surface area (Å²) in [5.74, 6) is 2.23. The molecule has 0 aliphatic carbocycles. The predicted molar refractivity (Wildman–Crippen MR) is 113 cm³/mol. The fourth-order valence-corrected chi connectivity index (χ4v) is 3.68. The molecule has 1 aromatic carbocycles.